The summed E-state index contributed by atoms with van der Waals surface area (Å²) in [6, 6.07) is 16.2. The van der Waals surface area contributed by atoms with E-state index in [1.807, 2.05) is 18.2 Å². The van der Waals surface area contributed by atoms with E-state index in [-0.39, 0.29) is 5.75 Å². The van der Waals surface area contributed by atoms with E-state index in [0.29, 0.717) is 12.4 Å². The number of hydrogen-bond donors (Lipinski definition) is 1. The van der Waals surface area contributed by atoms with Gasteiger partial charge in [0.25, 0.3) is 0 Å². The Morgan fingerprint density at radius 2 is 2.07 bits per heavy atom. The van der Waals surface area contributed by atoms with Crippen LogP contribution in [0.1, 0.15) is 10.4 Å². The molecule has 6 heteroatoms. The summed E-state index contributed by atoms with van der Waals surface area (Å²) in [5.74, 6) is 0.799. The molecule has 3 heterocycles. The zero-order chi connectivity index (χ0) is 18.2. The number of hydrogen-bond acceptors (Lipinski definition) is 6. The van der Waals surface area contributed by atoms with Crippen molar-refractivity contribution in [2.45, 2.75) is 13.1 Å². The highest BCUT2D eigenvalue weighted by Gasteiger charge is 2.21. The Labute approximate surface area is 165 Å². The maximum atomic E-state index is 10.6. The van der Waals surface area contributed by atoms with Crippen molar-refractivity contribution in [3.63, 3.8) is 0 Å². The first kappa shape index (κ1) is 16.7. The van der Waals surface area contributed by atoms with Crippen molar-refractivity contribution in [3.8, 4) is 22.1 Å². The number of thiophene rings is 1. The van der Waals surface area contributed by atoms with Crippen LogP contribution in [0.15, 0.2) is 53.9 Å². The SMILES string of the molecule is Oc1cc(-c2nc3ccccc3s2)cc2c1OCCN(Cc1cccs1)C2. The van der Waals surface area contributed by atoms with E-state index >= 15 is 0 Å². The van der Waals surface area contributed by atoms with Gasteiger partial charge in [-0.1, -0.05) is 18.2 Å². The van der Waals surface area contributed by atoms with Crippen LogP contribution in [0.3, 0.4) is 0 Å². The van der Waals surface area contributed by atoms with Crippen molar-refractivity contribution >= 4 is 32.9 Å². The third-order valence-electron chi connectivity index (χ3n) is 4.69. The van der Waals surface area contributed by atoms with E-state index in [9.17, 15) is 5.11 Å². The van der Waals surface area contributed by atoms with Crippen LogP contribution in [-0.4, -0.2) is 28.1 Å². The van der Waals surface area contributed by atoms with Gasteiger partial charge in [-0.15, -0.1) is 22.7 Å². The van der Waals surface area contributed by atoms with Crippen LogP contribution in [0, 0.1) is 0 Å². The number of nitrogens with zero attached hydrogens (tertiary/aromatic N) is 2. The minimum Gasteiger partial charge on any atom is -0.504 e. The molecule has 0 atom stereocenters. The molecule has 0 spiro atoms. The van der Waals surface area contributed by atoms with Crippen LogP contribution in [0.5, 0.6) is 11.5 Å². The van der Waals surface area contributed by atoms with Crippen molar-refractivity contribution in [2.24, 2.45) is 0 Å². The van der Waals surface area contributed by atoms with Gasteiger partial charge in [-0.05, 0) is 35.7 Å². The van der Waals surface area contributed by atoms with E-state index in [1.54, 1.807) is 28.7 Å². The fraction of sp³-hybridized carbons (Fsp3) is 0.190. The summed E-state index contributed by atoms with van der Waals surface area (Å²) in [6.45, 7) is 3.06. The molecule has 4 aromatic rings. The van der Waals surface area contributed by atoms with Crippen molar-refractivity contribution in [2.75, 3.05) is 13.2 Å². The Morgan fingerprint density at radius 1 is 1.15 bits per heavy atom. The third-order valence-corrected chi connectivity index (χ3v) is 6.64. The number of phenols is 1. The zero-order valence-corrected chi connectivity index (χ0v) is 16.2. The molecule has 0 unspecified atom stereocenters. The Hall–Kier alpha value is -2.41. The monoisotopic (exact) mass is 394 g/mol. The fourth-order valence-electron chi connectivity index (χ4n) is 3.43. The summed E-state index contributed by atoms with van der Waals surface area (Å²) in [7, 11) is 0. The van der Waals surface area contributed by atoms with Crippen molar-refractivity contribution < 1.29 is 9.84 Å². The number of aromatic hydroxyl groups is 1. The van der Waals surface area contributed by atoms with Crippen LogP contribution in [0.4, 0.5) is 0 Å². The Balaban J connectivity index is 1.51. The highest BCUT2D eigenvalue weighted by molar-refractivity contribution is 7.21. The Kier molecular flexibility index (Phi) is 4.32. The molecule has 0 radical (unpaired) electrons. The first-order chi connectivity index (χ1) is 13.3. The molecule has 2 aromatic heterocycles. The van der Waals surface area contributed by atoms with Gasteiger partial charge in [0, 0.05) is 35.6 Å². The molecule has 0 bridgehead atoms. The Bertz CT molecular complexity index is 1060. The quantitative estimate of drug-likeness (QED) is 0.524. The number of phenolic OH excluding ortho intramolecular Hbond substituents is 1. The predicted molar refractivity (Wildman–Crippen MR) is 111 cm³/mol. The topological polar surface area (TPSA) is 45.6 Å². The number of benzene rings is 2. The number of rotatable bonds is 3. The van der Waals surface area contributed by atoms with E-state index < -0.39 is 0 Å². The lowest BCUT2D eigenvalue weighted by Crippen LogP contribution is -2.24. The third kappa shape index (κ3) is 3.32. The normalized spacial score (nSPS) is 14.7. The summed E-state index contributed by atoms with van der Waals surface area (Å²) < 4.78 is 7.02. The minimum absolute atomic E-state index is 0.194. The van der Waals surface area contributed by atoms with E-state index in [4.69, 9.17) is 9.72 Å². The zero-order valence-electron chi connectivity index (χ0n) is 14.6. The van der Waals surface area contributed by atoms with Crippen molar-refractivity contribution in [1.82, 2.24) is 9.88 Å². The van der Waals surface area contributed by atoms with Gasteiger partial charge in [0.05, 0.1) is 10.2 Å². The van der Waals surface area contributed by atoms with E-state index in [1.165, 1.54) is 4.88 Å². The van der Waals surface area contributed by atoms with Crippen LogP contribution in [-0.2, 0) is 13.1 Å². The first-order valence-electron chi connectivity index (χ1n) is 8.85. The number of fused-ring (bicyclic) bond motifs is 2. The van der Waals surface area contributed by atoms with Gasteiger partial charge in [0.1, 0.15) is 11.6 Å². The molecule has 1 aliphatic heterocycles. The lowest BCUT2D eigenvalue weighted by Gasteiger charge is -2.18. The second-order valence-electron chi connectivity index (χ2n) is 6.61. The molecule has 4 nitrogen and oxygen atoms in total. The summed E-state index contributed by atoms with van der Waals surface area (Å²) in [5, 5.41) is 13.6. The largest absolute Gasteiger partial charge is 0.504 e. The van der Waals surface area contributed by atoms with Gasteiger partial charge in [0.15, 0.2) is 11.5 Å². The second-order valence-corrected chi connectivity index (χ2v) is 8.67. The average molecular weight is 395 g/mol. The summed E-state index contributed by atoms with van der Waals surface area (Å²) in [6.07, 6.45) is 0. The summed E-state index contributed by atoms with van der Waals surface area (Å²) >= 11 is 3.41. The van der Waals surface area contributed by atoms with Gasteiger partial charge in [-0.2, -0.15) is 0 Å². The molecule has 136 valence electrons. The maximum Gasteiger partial charge on any atom is 0.165 e. The van der Waals surface area contributed by atoms with Crippen LogP contribution >= 0.6 is 22.7 Å². The maximum absolute atomic E-state index is 10.6. The molecule has 1 N–H and O–H groups in total. The molecule has 0 amide bonds. The molecule has 2 aromatic carbocycles. The van der Waals surface area contributed by atoms with Gasteiger partial charge < -0.3 is 9.84 Å². The van der Waals surface area contributed by atoms with E-state index in [0.717, 1.165) is 46.0 Å². The molecular weight excluding hydrogens is 376 g/mol. The molecule has 0 fully saturated rings. The number of aromatic nitrogens is 1. The average Bonchev–Trinajstić information content (AvgIpc) is 3.28. The molecule has 0 saturated carbocycles. The number of para-hydroxylation sites is 1. The number of thiazole rings is 1. The van der Waals surface area contributed by atoms with Gasteiger partial charge in [-0.25, -0.2) is 4.98 Å². The second kappa shape index (κ2) is 6.96. The predicted octanol–water partition coefficient (Wildman–Crippen LogP) is 5.13. The van der Waals surface area contributed by atoms with Crippen LogP contribution < -0.4 is 4.74 Å². The summed E-state index contributed by atoms with van der Waals surface area (Å²) in [4.78, 5) is 8.43. The molecule has 1 aliphatic rings. The molecule has 0 saturated heterocycles. The lowest BCUT2D eigenvalue weighted by atomic mass is 10.1. The van der Waals surface area contributed by atoms with Gasteiger partial charge in [-0.3, -0.25) is 4.90 Å². The first-order valence-corrected chi connectivity index (χ1v) is 10.6. The molecule has 0 aliphatic carbocycles. The van der Waals surface area contributed by atoms with Crippen LogP contribution in [0.2, 0.25) is 0 Å². The van der Waals surface area contributed by atoms with Crippen LogP contribution in [0.25, 0.3) is 20.8 Å². The van der Waals surface area contributed by atoms with Crippen molar-refractivity contribution in [3.05, 3.63) is 64.4 Å². The molecular formula is C21H18N2O2S2. The Morgan fingerprint density at radius 3 is 2.93 bits per heavy atom. The standard InChI is InChI=1S/C21H18N2O2S2/c24-18-11-14(21-22-17-5-1-2-6-19(17)27-21)10-15-12-23(7-8-25-20(15)18)13-16-4-3-9-26-16/h1-6,9-11,24H,7-8,12-13H2. The minimum atomic E-state index is 0.194. The lowest BCUT2D eigenvalue weighted by molar-refractivity contribution is 0.218. The highest BCUT2D eigenvalue weighted by atomic mass is 32.1. The van der Waals surface area contributed by atoms with Gasteiger partial charge in [0.2, 0.25) is 0 Å². The van der Waals surface area contributed by atoms with Gasteiger partial charge >= 0.3 is 0 Å². The number of ether oxygens (including phenoxy) is 1. The smallest absolute Gasteiger partial charge is 0.165 e. The fourth-order valence-corrected chi connectivity index (χ4v) is 5.13. The molecule has 27 heavy (non-hydrogen) atoms. The summed E-state index contributed by atoms with van der Waals surface area (Å²) in [5.41, 5.74) is 2.94. The van der Waals surface area contributed by atoms with Crippen molar-refractivity contribution in [1.29, 1.82) is 0 Å². The molecule has 5 rings (SSSR count). The van der Waals surface area contributed by atoms with E-state index in [2.05, 4.69) is 34.5 Å². The highest BCUT2D eigenvalue weighted by Crippen LogP contribution is 2.39.